The van der Waals surface area contributed by atoms with Gasteiger partial charge in [-0.25, -0.2) is 0 Å². The van der Waals surface area contributed by atoms with E-state index in [1.807, 2.05) is 19.9 Å². The molecule has 3 unspecified atom stereocenters. The van der Waals surface area contributed by atoms with Crippen LogP contribution in [0.5, 0.6) is 5.75 Å². The van der Waals surface area contributed by atoms with Gasteiger partial charge in [-0.05, 0) is 87.8 Å². The number of nitrogens with zero attached hydrogens (tertiary/aromatic N) is 1. The number of para-hydroxylation sites is 1. The van der Waals surface area contributed by atoms with Crippen molar-refractivity contribution in [2.24, 2.45) is 5.92 Å². The molecule has 0 bridgehead atoms. The summed E-state index contributed by atoms with van der Waals surface area (Å²) in [5.74, 6) is 1.84. The minimum absolute atomic E-state index is 0.0883. The van der Waals surface area contributed by atoms with E-state index in [4.69, 9.17) is 9.84 Å². The van der Waals surface area contributed by atoms with Gasteiger partial charge >= 0.3 is 0 Å². The maximum absolute atomic E-state index is 11.3. The third-order valence-corrected chi connectivity index (χ3v) is 9.02. The zero-order valence-corrected chi connectivity index (χ0v) is 30.5. The lowest BCUT2D eigenvalue weighted by atomic mass is 9.84. The lowest BCUT2D eigenvalue weighted by molar-refractivity contribution is -0.131. The van der Waals surface area contributed by atoms with Crippen molar-refractivity contribution in [2.75, 3.05) is 33.8 Å². The fourth-order valence-corrected chi connectivity index (χ4v) is 6.16. The number of nitrogens with one attached hydrogen (secondary N) is 3. The number of amides is 3. The van der Waals surface area contributed by atoms with Crippen molar-refractivity contribution in [3.05, 3.63) is 65.2 Å². The summed E-state index contributed by atoms with van der Waals surface area (Å²) in [5, 5.41) is 16.2. The molecule has 3 amide bonds. The highest BCUT2D eigenvalue weighted by atomic mass is 16.5. The Bertz CT molecular complexity index is 1130. The first-order valence-electron chi connectivity index (χ1n) is 18.0. The highest BCUT2D eigenvalue weighted by Gasteiger charge is 2.25. The average molecular weight is 669 g/mol. The molecule has 0 saturated heterocycles. The summed E-state index contributed by atoms with van der Waals surface area (Å²) in [4.78, 5) is 33.4. The second kappa shape index (κ2) is 26.5. The van der Waals surface area contributed by atoms with Crippen molar-refractivity contribution >= 4 is 18.7 Å². The second-order valence-electron chi connectivity index (χ2n) is 12.4. The molecule has 0 aromatic heterocycles. The number of likely N-dealkylation sites (N-methyl/N-ethyl adjacent to an activating group) is 2. The Hall–Kier alpha value is -3.43. The van der Waals surface area contributed by atoms with E-state index in [1.54, 1.807) is 7.05 Å². The van der Waals surface area contributed by atoms with Gasteiger partial charge in [0.15, 0.2) is 0 Å². The van der Waals surface area contributed by atoms with Crippen molar-refractivity contribution < 1.29 is 24.2 Å². The number of fused-ring (bicyclic) bond motifs is 1. The van der Waals surface area contributed by atoms with Crippen LogP contribution in [0.1, 0.15) is 95.8 Å². The third-order valence-electron chi connectivity index (χ3n) is 9.02. The fraction of sp³-hybridized carbons (Fsp3) is 0.615. The number of rotatable bonds is 15. The van der Waals surface area contributed by atoms with E-state index in [9.17, 15) is 14.4 Å². The summed E-state index contributed by atoms with van der Waals surface area (Å²) in [6, 6.07) is 17.2. The quantitative estimate of drug-likeness (QED) is 0.148. The molecule has 48 heavy (non-hydrogen) atoms. The van der Waals surface area contributed by atoms with Gasteiger partial charge in [0.2, 0.25) is 18.7 Å². The number of carbonyl (C=O) groups excluding carboxylic acids is 3. The SMILES string of the molecule is CC(NCC1CCc2cccc(CCCNC=O)c2O1)C1CCCCC1.CCNC(=O)C(CC)N(C)C=O.CCc1ccccc1.CO. The van der Waals surface area contributed by atoms with Gasteiger partial charge < -0.3 is 30.7 Å². The van der Waals surface area contributed by atoms with Crippen LogP contribution in [-0.2, 0) is 33.6 Å². The second-order valence-corrected chi connectivity index (χ2v) is 12.4. The third kappa shape index (κ3) is 16.1. The number of aliphatic hydroxyl groups excluding tert-OH is 1. The number of aliphatic hydroxyl groups is 1. The molecule has 2 aromatic rings. The molecule has 2 aromatic carbocycles. The lowest BCUT2D eigenvalue weighted by Crippen LogP contribution is -2.44. The van der Waals surface area contributed by atoms with Crippen LogP contribution in [0.4, 0.5) is 0 Å². The van der Waals surface area contributed by atoms with Crippen LogP contribution in [0.15, 0.2) is 48.5 Å². The molecule has 1 heterocycles. The van der Waals surface area contributed by atoms with Gasteiger partial charge in [-0.3, -0.25) is 14.4 Å². The Morgan fingerprint density at radius 2 is 1.71 bits per heavy atom. The minimum Gasteiger partial charge on any atom is -0.489 e. The van der Waals surface area contributed by atoms with Crippen LogP contribution in [0, 0.1) is 5.92 Å². The molecular weight excluding hydrogens is 604 g/mol. The Morgan fingerprint density at radius 3 is 2.29 bits per heavy atom. The van der Waals surface area contributed by atoms with Crippen molar-refractivity contribution in [3.8, 4) is 5.75 Å². The summed E-state index contributed by atoms with van der Waals surface area (Å²) < 4.78 is 6.41. The fourth-order valence-electron chi connectivity index (χ4n) is 6.16. The monoisotopic (exact) mass is 668 g/mol. The van der Waals surface area contributed by atoms with Crippen LogP contribution in [0.3, 0.4) is 0 Å². The first-order valence-corrected chi connectivity index (χ1v) is 18.0. The predicted octanol–water partition coefficient (Wildman–Crippen LogP) is 5.46. The molecule has 1 saturated carbocycles. The van der Waals surface area contributed by atoms with Crippen LogP contribution in [0.25, 0.3) is 0 Å². The molecule has 2 aliphatic rings. The molecule has 9 nitrogen and oxygen atoms in total. The van der Waals surface area contributed by atoms with E-state index < -0.39 is 0 Å². The maximum Gasteiger partial charge on any atom is 0.242 e. The first kappa shape index (κ1) is 42.6. The molecule has 1 aliphatic carbocycles. The van der Waals surface area contributed by atoms with Gasteiger partial charge in [0, 0.05) is 39.8 Å². The maximum atomic E-state index is 11.3. The van der Waals surface area contributed by atoms with Crippen molar-refractivity contribution in [1.29, 1.82) is 0 Å². The molecule has 4 rings (SSSR count). The lowest BCUT2D eigenvalue weighted by Gasteiger charge is -2.32. The zero-order valence-electron chi connectivity index (χ0n) is 30.5. The van der Waals surface area contributed by atoms with E-state index in [1.165, 1.54) is 53.7 Å². The number of aryl methyl sites for hydroxylation is 3. The molecule has 1 fully saturated rings. The van der Waals surface area contributed by atoms with Crippen LogP contribution < -0.4 is 20.7 Å². The van der Waals surface area contributed by atoms with Crippen molar-refractivity contribution in [1.82, 2.24) is 20.9 Å². The number of hydrogen-bond acceptors (Lipinski definition) is 6. The molecule has 9 heteroatoms. The highest BCUT2D eigenvalue weighted by Crippen LogP contribution is 2.32. The molecular formula is C39H64N4O5. The van der Waals surface area contributed by atoms with Gasteiger partial charge in [0.25, 0.3) is 0 Å². The number of carbonyl (C=O) groups is 3. The summed E-state index contributed by atoms with van der Waals surface area (Å²) in [6.45, 7) is 10.5. The van der Waals surface area contributed by atoms with Gasteiger partial charge in [-0.15, -0.1) is 0 Å². The van der Waals surface area contributed by atoms with E-state index in [0.717, 1.165) is 70.4 Å². The molecule has 3 atom stereocenters. The van der Waals surface area contributed by atoms with Gasteiger partial charge in [-0.2, -0.15) is 0 Å². The molecule has 0 spiro atoms. The Balaban J connectivity index is 0.000000432. The van der Waals surface area contributed by atoms with Crippen molar-refractivity contribution in [2.45, 2.75) is 117 Å². The van der Waals surface area contributed by atoms with Gasteiger partial charge in [0.1, 0.15) is 17.9 Å². The molecule has 4 N–H and O–H groups in total. The smallest absolute Gasteiger partial charge is 0.242 e. The standard InChI is InChI=1S/C22H34N2O2.C8H16N2O2.C8H10.CH4O/c1-17(18-7-3-2-4-8-18)24-15-21-13-12-20-10-5-9-19(22(20)26-21)11-6-14-23-16-25;1-4-7(10(3)6-11)8(12)9-5-2;1-2-8-6-4-3-5-7-8;1-2/h5,9-10,16-18,21,24H,2-4,6-8,11-15H2,1H3,(H,23,25);6-7H,4-5H2,1-3H3,(H,9,12);3-7H,2H2,1H3;2H,1H3. The van der Waals surface area contributed by atoms with Crippen LogP contribution in [-0.4, -0.2) is 80.7 Å². The van der Waals surface area contributed by atoms with E-state index >= 15 is 0 Å². The molecule has 0 radical (unpaired) electrons. The summed E-state index contributed by atoms with van der Waals surface area (Å²) >= 11 is 0. The van der Waals surface area contributed by atoms with Crippen LogP contribution in [0.2, 0.25) is 0 Å². The number of benzene rings is 2. The van der Waals surface area contributed by atoms with E-state index in [0.29, 0.717) is 25.4 Å². The Kier molecular flexibility index (Phi) is 23.5. The van der Waals surface area contributed by atoms with Crippen LogP contribution >= 0.6 is 0 Å². The largest absolute Gasteiger partial charge is 0.489 e. The Labute approximate surface area is 290 Å². The highest BCUT2D eigenvalue weighted by molar-refractivity contribution is 5.83. The zero-order chi connectivity index (χ0) is 35.6. The van der Waals surface area contributed by atoms with Crippen molar-refractivity contribution in [3.63, 3.8) is 0 Å². The summed E-state index contributed by atoms with van der Waals surface area (Å²) in [6.07, 6.45) is 14.5. The normalized spacial score (nSPS) is 16.3. The first-order chi connectivity index (χ1) is 23.4. The topological polar surface area (TPSA) is 120 Å². The Morgan fingerprint density at radius 1 is 1.00 bits per heavy atom. The predicted molar refractivity (Wildman–Crippen MR) is 196 cm³/mol. The summed E-state index contributed by atoms with van der Waals surface area (Å²) in [7, 11) is 2.61. The molecule has 270 valence electrons. The van der Waals surface area contributed by atoms with E-state index in [-0.39, 0.29) is 18.1 Å². The number of ether oxygens (including phenoxy) is 1. The average Bonchev–Trinajstić information content (AvgIpc) is 3.14. The van der Waals surface area contributed by atoms with Gasteiger partial charge in [0.05, 0.1) is 0 Å². The number of hydrogen-bond donors (Lipinski definition) is 4. The summed E-state index contributed by atoms with van der Waals surface area (Å²) in [5.41, 5.74) is 4.02. The van der Waals surface area contributed by atoms with E-state index in [2.05, 4.69) is 72.3 Å². The van der Waals surface area contributed by atoms with Gasteiger partial charge in [-0.1, -0.05) is 81.6 Å². The molecule has 1 aliphatic heterocycles. The minimum atomic E-state index is -0.331.